The van der Waals surface area contributed by atoms with Gasteiger partial charge in [0, 0.05) is 45.3 Å². The fourth-order valence-corrected chi connectivity index (χ4v) is 3.47. The number of aryl methyl sites for hydroxylation is 1. The molecule has 2 aromatic carbocycles. The number of hydrogen-bond donors (Lipinski definition) is 2. The summed E-state index contributed by atoms with van der Waals surface area (Å²) in [4.78, 5) is 6.82. The normalized spacial score (nSPS) is 14.6. The fourth-order valence-electron chi connectivity index (χ4n) is 3.47. The maximum atomic E-state index is 5.47. The predicted octanol–water partition coefficient (Wildman–Crippen LogP) is 2.73. The first-order chi connectivity index (χ1) is 13.2. The molecule has 0 spiro atoms. The molecule has 0 atom stereocenters. The molecule has 5 heteroatoms. The Balaban J connectivity index is 1.45. The topological polar surface area (TPSA) is 48.9 Å². The Kier molecular flexibility index (Phi) is 6.71. The van der Waals surface area contributed by atoms with Crippen molar-refractivity contribution >= 4 is 5.96 Å². The van der Waals surface area contributed by atoms with Gasteiger partial charge in [-0.15, -0.1) is 0 Å². The molecule has 0 fully saturated rings. The van der Waals surface area contributed by atoms with Crippen LogP contribution >= 0.6 is 0 Å². The quantitative estimate of drug-likeness (QED) is 0.610. The minimum atomic E-state index is 0.681. The van der Waals surface area contributed by atoms with E-state index in [9.17, 15) is 0 Å². The second kappa shape index (κ2) is 9.42. The fraction of sp³-hybridized carbons (Fsp3) is 0.409. The van der Waals surface area contributed by atoms with E-state index in [2.05, 4.69) is 69.9 Å². The highest BCUT2D eigenvalue weighted by Gasteiger charge is 2.15. The number of fused-ring (bicyclic) bond motifs is 1. The van der Waals surface area contributed by atoms with Crippen LogP contribution in [0.1, 0.15) is 22.3 Å². The van der Waals surface area contributed by atoms with E-state index in [1.54, 1.807) is 14.2 Å². The molecule has 3 rings (SSSR count). The van der Waals surface area contributed by atoms with Crippen molar-refractivity contribution in [1.29, 1.82) is 0 Å². The van der Waals surface area contributed by atoms with Crippen molar-refractivity contribution in [1.82, 2.24) is 15.5 Å². The van der Waals surface area contributed by atoms with Crippen molar-refractivity contribution < 1.29 is 4.74 Å². The number of aliphatic imine (C=N–C) groups is 1. The molecule has 1 aliphatic heterocycles. The van der Waals surface area contributed by atoms with E-state index in [0.29, 0.717) is 6.54 Å². The van der Waals surface area contributed by atoms with Crippen LogP contribution in [0, 0.1) is 6.92 Å². The molecule has 0 amide bonds. The minimum absolute atomic E-state index is 0.681. The maximum Gasteiger partial charge on any atom is 0.191 e. The van der Waals surface area contributed by atoms with Crippen LogP contribution in [0.15, 0.2) is 47.5 Å². The van der Waals surface area contributed by atoms with E-state index in [1.165, 1.54) is 16.7 Å². The summed E-state index contributed by atoms with van der Waals surface area (Å²) >= 11 is 0. The van der Waals surface area contributed by atoms with Crippen LogP contribution < -0.4 is 15.4 Å². The minimum Gasteiger partial charge on any atom is -0.496 e. The molecule has 0 radical (unpaired) electrons. The van der Waals surface area contributed by atoms with Crippen molar-refractivity contribution in [2.45, 2.75) is 26.4 Å². The average Bonchev–Trinajstić information content (AvgIpc) is 2.71. The molecule has 0 unspecified atom stereocenters. The number of rotatable bonds is 6. The van der Waals surface area contributed by atoms with Gasteiger partial charge in [0.2, 0.25) is 0 Å². The summed E-state index contributed by atoms with van der Waals surface area (Å²) < 4.78 is 5.47. The van der Waals surface area contributed by atoms with Crippen LogP contribution in [0.2, 0.25) is 0 Å². The van der Waals surface area contributed by atoms with Gasteiger partial charge in [-0.25, -0.2) is 0 Å². The first kappa shape index (κ1) is 19.2. The summed E-state index contributed by atoms with van der Waals surface area (Å²) in [5, 5.41) is 6.79. The van der Waals surface area contributed by atoms with Gasteiger partial charge in [0.05, 0.1) is 7.11 Å². The Morgan fingerprint density at radius 3 is 2.74 bits per heavy atom. The molecule has 0 bridgehead atoms. The molecule has 1 heterocycles. The van der Waals surface area contributed by atoms with Gasteiger partial charge < -0.3 is 15.4 Å². The summed E-state index contributed by atoms with van der Waals surface area (Å²) in [6.07, 6.45) is 1.14. The third kappa shape index (κ3) is 5.23. The van der Waals surface area contributed by atoms with E-state index in [1.807, 2.05) is 0 Å². The van der Waals surface area contributed by atoms with E-state index in [4.69, 9.17) is 4.74 Å². The lowest BCUT2D eigenvalue weighted by Crippen LogP contribution is -2.42. The van der Waals surface area contributed by atoms with Crippen molar-refractivity contribution in [3.05, 3.63) is 64.7 Å². The van der Waals surface area contributed by atoms with Gasteiger partial charge in [-0.05, 0) is 36.1 Å². The van der Waals surface area contributed by atoms with Gasteiger partial charge in [-0.2, -0.15) is 0 Å². The highest BCUT2D eigenvalue weighted by Crippen LogP contribution is 2.19. The smallest absolute Gasteiger partial charge is 0.191 e. The molecular formula is C22H30N4O. The van der Waals surface area contributed by atoms with Gasteiger partial charge >= 0.3 is 0 Å². The Morgan fingerprint density at radius 1 is 1.15 bits per heavy atom. The highest BCUT2D eigenvalue weighted by molar-refractivity contribution is 5.79. The number of nitrogens with one attached hydrogen (secondary N) is 2. The van der Waals surface area contributed by atoms with E-state index >= 15 is 0 Å². The average molecular weight is 367 g/mol. The van der Waals surface area contributed by atoms with Crippen molar-refractivity contribution in [3.63, 3.8) is 0 Å². The van der Waals surface area contributed by atoms with Crippen molar-refractivity contribution in [2.24, 2.45) is 4.99 Å². The van der Waals surface area contributed by atoms with E-state index < -0.39 is 0 Å². The number of nitrogens with zero attached hydrogens (tertiary/aromatic N) is 2. The lowest BCUT2D eigenvalue weighted by molar-refractivity contribution is 0.258. The molecule has 27 heavy (non-hydrogen) atoms. The lowest BCUT2D eigenvalue weighted by atomic mass is 10.00. The zero-order chi connectivity index (χ0) is 19.1. The first-order valence-corrected chi connectivity index (χ1v) is 9.57. The van der Waals surface area contributed by atoms with Crippen molar-refractivity contribution in [3.8, 4) is 5.75 Å². The summed E-state index contributed by atoms with van der Waals surface area (Å²) in [6.45, 7) is 6.77. The van der Waals surface area contributed by atoms with Gasteiger partial charge in [0.15, 0.2) is 5.96 Å². The van der Waals surface area contributed by atoms with Crippen LogP contribution in [-0.4, -0.2) is 44.7 Å². The second-order valence-electron chi connectivity index (χ2n) is 6.96. The molecule has 5 nitrogen and oxygen atoms in total. The molecule has 2 N–H and O–H groups in total. The van der Waals surface area contributed by atoms with Crippen LogP contribution in [-0.2, 0) is 19.5 Å². The van der Waals surface area contributed by atoms with Gasteiger partial charge in [0.1, 0.15) is 5.75 Å². The third-order valence-electron chi connectivity index (χ3n) is 5.04. The first-order valence-electron chi connectivity index (χ1n) is 9.57. The van der Waals surface area contributed by atoms with Gasteiger partial charge in [-0.1, -0.05) is 36.4 Å². The molecule has 2 aromatic rings. The Morgan fingerprint density at radius 2 is 1.96 bits per heavy atom. The van der Waals surface area contributed by atoms with Crippen LogP contribution in [0.25, 0.3) is 0 Å². The maximum absolute atomic E-state index is 5.47. The van der Waals surface area contributed by atoms with Crippen molar-refractivity contribution in [2.75, 3.05) is 33.8 Å². The van der Waals surface area contributed by atoms with Gasteiger partial charge in [-0.3, -0.25) is 9.89 Å². The van der Waals surface area contributed by atoms with Gasteiger partial charge in [0.25, 0.3) is 0 Å². The summed E-state index contributed by atoms with van der Waals surface area (Å²) in [5.41, 5.74) is 5.27. The summed E-state index contributed by atoms with van der Waals surface area (Å²) in [6, 6.07) is 15.0. The lowest BCUT2D eigenvalue weighted by Gasteiger charge is -2.28. The predicted molar refractivity (Wildman–Crippen MR) is 111 cm³/mol. The molecule has 0 aromatic heterocycles. The number of benzene rings is 2. The Bertz CT molecular complexity index is 788. The second-order valence-corrected chi connectivity index (χ2v) is 6.96. The number of ether oxygens (including phenoxy) is 1. The van der Waals surface area contributed by atoms with E-state index in [0.717, 1.165) is 49.9 Å². The molecule has 0 aliphatic carbocycles. The molecule has 0 saturated carbocycles. The third-order valence-corrected chi connectivity index (χ3v) is 5.04. The largest absolute Gasteiger partial charge is 0.496 e. The van der Waals surface area contributed by atoms with Crippen LogP contribution in [0.3, 0.4) is 0 Å². The number of methoxy groups -OCH3 is 1. The number of guanidine groups is 1. The standard InChI is InChI=1S/C22H30N4O/c1-17-8-9-19(21(14-17)27-3)15-25-22(23-2)24-11-13-26-12-10-18-6-4-5-7-20(18)16-26/h4-9,14H,10-13,15-16H2,1-3H3,(H2,23,24,25). The van der Waals surface area contributed by atoms with Crippen LogP contribution in [0.4, 0.5) is 0 Å². The monoisotopic (exact) mass is 366 g/mol. The highest BCUT2D eigenvalue weighted by atomic mass is 16.5. The number of hydrogen-bond acceptors (Lipinski definition) is 3. The zero-order valence-corrected chi connectivity index (χ0v) is 16.6. The Labute approximate surface area is 162 Å². The zero-order valence-electron chi connectivity index (χ0n) is 16.6. The molecule has 1 aliphatic rings. The molecule has 0 saturated heterocycles. The molecule has 144 valence electrons. The Hall–Kier alpha value is -2.53. The summed E-state index contributed by atoms with van der Waals surface area (Å²) in [7, 11) is 3.51. The summed E-state index contributed by atoms with van der Waals surface area (Å²) in [5.74, 6) is 1.72. The van der Waals surface area contributed by atoms with E-state index in [-0.39, 0.29) is 0 Å². The van der Waals surface area contributed by atoms with Crippen LogP contribution in [0.5, 0.6) is 5.75 Å². The SMILES string of the molecule is CN=C(NCCN1CCc2ccccc2C1)NCc1ccc(C)cc1OC. The molecular weight excluding hydrogens is 336 g/mol.